The number of hydrogen-bond donors (Lipinski definition) is 2. The maximum absolute atomic E-state index is 14.3. The zero-order valence-electron chi connectivity index (χ0n) is 20.6. The van der Waals surface area contributed by atoms with E-state index in [2.05, 4.69) is 35.8 Å². The summed E-state index contributed by atoms with van der Waals surface area (Å²) in [6, 6.07) is 7.75. The summed E-state index contributed by atoms with van der Waals surface area (Å²) in [6.45, 7) is 11.2. The van der Waals surface area contributed by atoms with Crippen LogP contribution in [0.25, 0.3) is 0 Å². The second kappa shape index (κ2) is 11.6. The Balaban J connectivity index is 2.12. The lowest BCUT2D eigenvalue weighted by atomic mass is 9.91. The molecule has 1 atom stereocenters. The predicted molar refractivity (Wildman–Crippen MR) is 130 cm³/mol. The minimum atomic E-state index is -3.61. The van der Waals surface area contributed by atoms with E-state index in [1.54, 1.807) is 6.92 Å². The van der Waals surface area contributed by atoms with Gasteiger partial charge in [-0.15, -0.1) is 0 Å². The number of sulfonamides is 1. The van der Waals surface area contributed by atoms with Crippen LogP contribution in [0, 0.1) is 5.82 Å². The van der Waals surface area contributed by atoms with E-state index in [1.807, 2.05) is 19.1 Å². The average molecular weight is 496 g/mol. The molecule has 10 heteroatoms. The molecule has 34 heavy (non-hydrogen) atoms. The summed E-state index contributed by atoms with van der Waals surface area (Å²) >= 11 is 0. The van der Waals surface area contributed by atoms with Gasteiger partial charge in [-0.2, -0.15) is 0 Å². The van der Waals surface area contributed by atoms with Crippen LogP contribution < -0.4 is 14.8 Å². The van der Waals surface area contributed by atoms with Crippen LogP contribution in [0.1, 0.15) is 57.4 Å². The molecule has 1 aromatic heterocycles. The average Bonchev–Trinajstić information content (AvgIpc) is 2.74. The normalized spacial score (nSPS) is 12.8. The molecule has 0 saturated heterocycles. The zero-order valence-corrected chi connectivity index (χ0v) is 21.4. The molecular formula is C24H34FN3O5S. The molecule has 0 aliphatic carbocycles. The molecule has 2 rings (SSSR count). The van der Waals surface area contributed by atoms with Gasteiger partial charge in [0.2, 0.25) is 21.8 Å². The second-order valence-electron chi connectivity index (χ2n) is 9.01. The van der Waals surface area contributed by atoms with E-state index in [-0.39, 0.29) is 23.6 Å². The van der Waals surface area contributed by atoms with E-state index in [0.717, 1.165) is 18.0 Å². The molecule has 2 aromatic rings. The Morgan fingerprint density at radius 2 is 1.88 bits per heavy atom. The quantitative estimate of drug-likeness (QED) is 0.460. The van der Waals surface area contributed by atoms with Crippen molar-refractivity contribution in [3.8, 4) is 5.88 Å². The molecule has 2 N–H and O–H groups in total. The van der Waals surface area contributed by atoms with Crippen molar-refractivity contribution in [3.63, 3.8) is 0 Å². The number of anilines is 1. The van der Waals surface area contributed by atoms with Gasteiger partial charge in [0.1, 0.15) is 12.4 Å². The summed E-state index contributed by atoms with van der Waals surface area (Å²) in [5, 5.41) is 2.85. The van der Waals surface area contributed by atoms with E-state index < -0.39 is 21.8 Å². The standard InChI is InChI=1S/C24H34FN3O5S/c1-7-32-12-13-33-23-18(9-11-21(27-23)24(3,4)5)15-26-22(29)16(2)17-8-10-20(19(25)14-17)28-34(6,30)31/h8-11,14,16,28H,7,12-13,15H2,1-6H3,(H,26,29). The van der Waals surface area contributed by atoms with Gasteiger partial charge in [0.05, 0.1) is 24.5 Å². The highest BCUT2D eigenvalue weighted by atomic mass is 32.2. The van der Waals surface area contributed by atoms with Gasteiger partial charge in [-0.1, -0.05) is 32.9 Å². The van der Waals surface area contributed by atoms with Gasteiger partial charge in [0.15, 0.2) is 0 Å². The van der Waals surface area contributed by atoms with Crippen molar-refractivity contribution in [1.82, 2.24) is 10.3 Å². The highest BCUT2D eigenvalue weighted by Crippen LogP contribution is 2.26. The summed E-state index contributed by atoms with van der Waals surface area (Å²) < 4.78 is 50.3. The van der Waals surface area contributed by atoms with E-state index >= 15 is 0 Å². The van der Waals surface area contributed by atoms with Gasteiger partial charge in [0.25, 0.3) is 0 Å². The van der Waals surface area contributed by atoms with Crippen LogP contribution >= 0.6 is 0 Å². The number of carbonyl (C=O) groups excluding carboxylic acids is 1. The molecule has 1 aromatic carbocycles. The highest BCUT2D eigenvalue weighted by Gasteiger charge is 2.21. The lowest BCUT2D eigenvalue weighted by Gasteiger charge is -2.20. The van der Waals surface area contributed by atoms with Gasteiger partial charge in [-0.25, -0.2) is 17.8 Å². The fourth-order valence-corrected chi connectivity index (χ4v) is 3.62. The molecule has 0 saturated carbocycles. The molecule has 1 amide bonds. The van der Waals surface area contributed by atoms with Gasteiger partial charge in [0, 0.05) is 29.8 Å². The molecule has 0 aliphatic heterocycles. The summed E-state index contributed by atoms with van der Waals surface area (Å²) in [4.78, 5) is 17.4. The summed E-state index contributed by atoms with van der Waals surface area (Å²) in [7, 11) is -3.61. The van der Waals surface area contributed by atoms with Crippen molar-refractivity contribution in [2.75, 3.05) is 30.8 Å². The molecule has 0 aliphatic rings. The van der Waals surface area contributed by atoms with Crippen molar-refractivity contribution >= 4 is 21.6 Å². The fourth-order valence-electron chi connectivity index (χ4n) is 3.06. The van der Waals surface area contributed by atoms with Gasteiger partial charge in [-0.3, -0.25) is 9.52 Å². The summed E-state index contributed by atoms with van der Waals surface area (Å²) in [5.41, 5.74) is 1.65. The molecule has 0 radical (unpaired) electrons. The van der Waals surface area contributed by atoms with Crippen molar-refractivity contribution in [2.45, 2.75) is 52.5 Å². The highest BCUT2D eigenvalue weighted by molar-refractivity contribution is 7.92. The van der Waals surface area contributed by atoms with E-state index in [4.69, 9.17) is 9.47 Å². The SMILES string of the molecule is CCOCCOc1nc(C(C)(C)C)ccc1CNC(=O)C(C)c1ccc(NS(C)(=O)=O)c(F)c1. The number of amides is 1. The third kappa shape index (κ3) is 8.25. The summed E-state index contributed by atoms with van der Waals surface area (Å²) in [5.74, 6) is -1.30. The second-order valence-corrected chi connectivity index (χ2v) is 10.8. The number of benzene rings is 1. The summed E-state index contributed by atoms with van der Waals surface area (Å²) in [6.07, 6.45) is 0.939. The molecule has 188 valence electrons. The minimum absolute atomic E-state index is 0.169. The largest absolute Gasteiger partial charge is 0.475 e. The van der Waals surface area contributed by atoms with Crippen molar-refractivity contribution in [3.05, 3.63) is 53.0 Å². The number of nitrogens with one attached hydrogen (secondary N) is 2. The number of nitrogens with zero attached hydrogens (tertiary/aromatic N) is 1. The fraction of sp³-hybridized carbons (Fsp3) is 0.500. The number of rotatable bonds is 11. The molecule has 1 heterocycles. The van der Waals surface area contributed by atoms with Crippen molar-refractivity contribution < 1.29 is 27.1 Å². The predicted octanol–water partition coefficient (Wildman–Crippen LogP) is 3.72. The molecule has 0 spiro atoms. The van der Waals surface area contributed by atoms with Crippen LogP contribution in [0.15, 0.2) is 30.3 Å². The molecular weight excluding hydrogens is 461 g/mol. The Bertz CT molecular complexity index is 1100. The molecule has 1 unspecified atom stereocenters. The van der Waals surface area contributed by atoms with E-state index in [9.17, 15) is 17.6 Å². The van der Waals surface area contributed by atoms with Crippen LogP contribution in [0.2, 0.25) is 0 Å². The molecule has 0 fully saturated rings. The maximum atomic E-state index is 14.3. The number of carbonyl (C=O) groups is 1. The van der Waals surface area contributed by atoms with Crippen LogP contribution in [-0.2, 0) is 31.5 Å². The Morgan fingerprint density at radius 1 is 1.18 bits per heavy atom. The number of aromatic nitrogens is 1. The van der Waals surface area contributed by atoms with Gasteiger partial charge >= 0.3 is 0 Å². The number of ether oxygens (including phenoxy) is 2. The van der Waals surface area contributed by atoms with Gasteiger partial charge in [-0.05, 0) is 37.6 Å². The van der Waals surface area contributed by atoms with Crippen molar-refractivity contribution in [1.29, 1.82) is 0 Å². The Kier molecular flexibility index (Phi) is 9.40. The first kappa shape index (κ1) is 27.5. The van der Waals surface area contributed by atoms with Gasteiger partial charge < -0.3 is 14.8 Å². The first-order valence-corrected chi connectivity index (χ1v) is 13.0. The monoisotopic (exact) mass is 495 g/mol. The minimum Gasteiger partial charge on any atom is -0.475 e. The number of halogens is 1. The third-order valence-corrected chi connectivity index (χ3v) is 5.60. The van der Waals surface area contributed by atoms with Crippen LogP contribution in [0.5, 0.6) is 5.88 Å². The number of pyridine rings is 1. The third-order valence-electron chi connectivity index (χ3n) is 5.01. The molecule has 8 nitrogen and oxygen atoms in total. The van der Waals surface area contributed by atoms with E-state index in [1.165, 1.54) is 12.1 Å². The first-order valence-electron chi connectivity index (χ1n) is 11.1. The molecule has 0 bridgehead atoms. The number of hydrogen-bond acceptors (Lipinski definition) is 6. The van der Waals surface area contributed by atoms with Crippen LogP contribution in [-0.4, -0.2) is 45.4 Å². The Morgan fingerprint density at radius 3 is 2.47 bits per heavy atom. The Hall–Kier alpha value is -2.72. The lowest BCUT2D eigenvalue weighted by molar-refractivity contribution is -0.122. The zero-order chi connectivity index (χ0) is 25.5. The topological polar surface area (TPSA) is 107 Å². The van der Waals surface area contributed by atoms with Crippen molar-refractivity contribution in [2.24, 2.45) is 0 Å². The maximum Gasteiger partial charge on any atom is 0.229 e. The lowest BCUT2D eigenvalue weighted by Crippen LogP contribution is -2.28. The van der Waals surface area contributed by atoms with E-state index in [0.29, 0.717) is 36.8 Å². The smallest absolute Gasteiger partial charge is 0.229 e. The van der Waals surface area contributed by atoms with Crippen LogP contribution in [0.3, 0.4) is 0 Å². The first-order chi connectivity index (χ1) is 15.8. The van der Waals surface area contributed by atoms with Crippen LogP contribution in [0.4, 0.5) is 10.1 Å². The Labute approximate surface area is 201 Å².